The molecule has 10 atom stereocenters. The van der Waals surface area contributed by atoms with E-state index in [0.717, 1.165) is 31.3 Å². The van der Waals surface area contributed by atoms with Gasteiger partial charge in [0, 0.05) is 31.0 Å². The zero-order chi connectivity index (χ0) is 27.1. The normalized spacial score (nSPS) is 49.3. The molecule has 206 valence electrons. The number of carbonyl (C=O) groups is 2. The average Bonchev–Trinajstić information content (AvgIpc) is 3.35. The number of hydrogen-bond acceptors (Lipinski definition) is 5. The molecule has 1 saturated heterocycles. The number of thioether (sulfide) groups is 1. The summed E-state index contributed by atoms with van der Waals surface area (Å²) in [5.41, 5.74) is -4.87. The molecule has 4 fully saturated rings. The molecule has 6 aliphatic rings. The smallest absolute Gasteiger partial charge is 0.198 e. The number of fused-ring (bicyclic) bond motifs is 7. The number of aliphatic hydroxyl groups is 1. The maximum Gasteiger partial charge on any atom is 0.198 e. The maximum atomic E-state index is 17.5. The van der Waals surface area contributed by atoms with Crippen LogP contribution in [0.1, 0.15) is 39.5 Å². The summed E-state index contributed by atoms with van der Waals surface area (Å²) in [6.45, 7) is 5.79. The van der Waals surface area contributed by atoms with Crippen molar-refractivity contribution in [2.24, 2.45) is 39.9 Å². The minimum atomic E-state index is -2.12. The molecule has 0 radical (unpaired) electrons. The van der Waals surface area contributed by atoms with Gasteiger partial charge in [-0.25, -0.2) is 8.78 Å². The molecule has 38 heavy (non-hydrogen) atoms. The van der Waals surface area contributed by atoms with Crippen LogP contribution in [0, 0.1) is 39.9 Å². The van der Waals surface area contributed by atoms with Gasteiger partial charge in [0.25, 0.3) is 0 Å². The maximum absolute atomic E-state index is 17.5. The number of likely N-dealkylation sites (tertiary alicyclic amines) is 1. The summed E-state index contributed by atoms with van der Waals surface area (Å²) < 4.78 is 33.3. The van der Waals surface area contributed by atoms with Crippen LogP contribution in [-0.4, -0.2) is 63.7 Å². The lowest BCUT2D eigenvalue weighted by Gasteiger charge is -2.63. The molecule has 0 spiro atoms. The van der Waals surface area contributed by atoms with Gasteiger partial charge in [0.2, 0.25) is 0 Å². The van der Waals surface area contributed by atoms with Crippen molar-refractivity contribution in [2.75, 3.05) is 24.8 Å². The molecule has 3 saturated carbocycles. The predicted molar refractivity (Wildman–Crippen MR) is 146 cm³/mol. The van der Waals surface area contributed by atoms with Gasteiger partial charge in [-0.2, -0.15) is 0 Å². The molecule has 6 rings (SSSR count). The molecule has 5 aliphatic carbocycles. The van der Waals surface area contributed by atoms with Crippen molar-refractivity contribution in [3.63, 3.8) is 0 Å². The van der Waals surface area contributed by atoms with E-state index in [1.54, 1.807) is 6.92 Å². The van der Waals surface area contributed by atoms with Gasteiger partial charge in [-0.3, -0.25) is 9.59 Å². The lowest BCUT2D eigenvalue weighted by molar-refractivity contribution is -0.210. The fraction of sp³-hybridized carbons (Fsp3) is 0.667. The van der Waals surface area contributed by atoms with Gasteiger partial charge in [-0.05, 0) is 73.5 Å². The second-order valence-corrected chi connectivity index (χ2v) is 14.3. The highest BCUT2D eigenvalue weighted by atomic mass is 35.5. The van der Waals surface area contributed by atoms with Crippen LogP contribution in [0.3, 0.4) is 0 Å². The fourth-order valence-electron chi connectivity index (χ4n) is 9.62. The topological polar surface area (TPSA) is 57.6 Å². The number of alkyl halides is 3. The summed E-state index contributed by atoms with van der Waals surface area (Å²) in [6.07, 6.45) is 11.3. The minimum Gasteiger partial charge on any atom is -0.390 e. The summed E-state index contributed by atoms with van der Waals surface area (Å²) in [5.74, 6) is -1.00. The van der Waals surface area contributed by atoms with E-state index in [4.69, 9.17) is 11.6 Å². The van der Waals surface area contributed by atoms with Gasteiger partial charge in [-0.15, -0.1) is 11.6 Å². The Kier molecular flexibility index (Phi) is 6.46. The van der Waals surface area contributed by atoms with Crippen LogP contribution in [0.2, 0.25) is 0 Å². The molecule has 8 heteroatoms. The molecule has 0 amide bonds. The van der Waals surface area contributed by atoms with E-state index in [1.165, 1.54) is 18.2 Å². The molecule has 0 aromatic rings. The largest absolute Gasteiger partial charge is 0.390 e. The summed E-state index contributed by atoms with van der Waals surface area (Å²) >= 11 is 7.19. The first-order valence-electron chi connectivity index (χ1n) is 13.8. The van der Waals surface area contributed by atoms with Crippen LogP contribution in [-0.2, 0) is 9.59 Å². The van der Waals surface area contributed by atoms with Crippen molar-refractivity contribution < 1.29 is 23.5 Å². The molecular weight excluding hydrogens is 528 g/mol. The average molecular weight is 564 g/mol. The highest BCUT2D eigenvalue weighted by Crippen LogP contribution is 2.75. The van der Waals surface area contributed by atoms with Gasteiger partial charge in [0.15, 0.2) is 16.6 Å². The third kappa shape index (κ3) is 3.40. The molecule has 1 heterocycles. The van der Waals surface area contributed by atoms with Crippen LogP contribution in [0.5, 0.6) is 0 Å². The van der Waals surface area contributed by atoms with Crippen molar-refractivity contribution in [1.29, 1.82) is 0 Å². The Balaban J connectivity index is 1.39. The Morgan fingerprint density at radius 3 is 2.76 bits per heavy atom. The SMILES string of the molecule is C[C@]12C=CC(=O)C=C1[C@@H](F)C[C@H]1C3C[C@H]4CN(CC5C=CC=CC5)C[C@@]4(C(=O)SCCl)[C@@]3(C)C[C@H](O)[C@@]12F. The number of hydrogen-bond donors (Lipinski definition) is 1. The number of carbonyl (C=O) groups excluding carboxylic acids is 2. The van der Waals surface area contributed by atoms with Gasteiger partial charge < -0.3 is 10.0 Å². The van der Waals surface area contributed by atoms with Crippen molar-refractivity contribution in [2.45, 2.75) is 57.5 Å². The van der Waals surface area contributed by atoms with Crippen LogP contribution in [0.15, 0.2) is 48.1 Å². The van der Waals surface area contributed by atoms with Crippen LogP contribution in [0.25, 0.3) is 0 Å². The lowest BCUT2D eigenvalue weighted by atomic mass is 9.43. The van der Waals surface area contributed by atoms with Gasteiger partial charge in [0.05, 0.1) is 16.7 Å². The first-order chi connectivity index (χ1) is 18.0. The van der Waals surface area contributed by atoms with Crippen LogP contribution < -0.4 is 0 Å². The summed E-state index contributed by atoms with van der Waals surface area (Å²) in [7, 11) is 0. The third-order valence-corrected chi connectivity index (χ3v) is 12.4. The van der Waals surface area contributed by atoms with Crippen molar-refractivity contribution >= 4 is 34.3 Å². The summed E-state index contributed by atoms with van der Waals surface area (Å²) in [5, 5.41) is 11.8. The van der Waals surface area contributed by atoms with Gasteiger partial charge in [0.1, 0.15) is 6.17 Å². The zero-order valence-electron chi connectivity index (χ0n) is 21.9. The first kappa shape index (κ1) is 26.9. The van der Waals surface area contributed by atoms with Crippen molar-refractivity contribution in [3.8, 4) is 0 Å². The van der Waals surface area contributed by atoms with Crippen molar-refractivity contribution in [1.82, 2.24) is 4.90 Å². The second kappa shape index (κ2) is 9.12. The fourth-order valence-corrected chi connectivity index (χ4v) is 10.7. The number of rotatable bonds is 4. The molecule has 1 N–H and O–H groups in total. The van der Waals surface area contributed by atoms with E-state index < -0.39 is 40.1 Å². The summed E-state index contributed by atoms with van der Waals surface area (Å²) in [6, 6.07) is 0. The Hall–Kier alpha value is -1.28. The molecule has 0 aromatic heterocycles. The van der Waals surface area contributed by atoms with E-state index in [0.29, 0.717) is 18.9 Å². The van der Waals surface area contributed by atoms with Crippen LogP contribution in [0.4, 0.5) is 8.78 Å². The standard InChI is InChI=1S/C30H36ClF2NO3S/c1-27-9-8-20(35)11-23(27)24(32)12-22-21-10-19-15-34(14-18-6-4-3-5-7-18)16-29(19,26(37)38-17-31)28(21,2)13-25(36)30(22,27)33/h3-6,8-9,11,18-19,21-22,24-25,36H,7,10,12-17H2,1-2H3/t18?,19-,21?,22-,24-,25-,27-,28-,29+,30-/m0/s1. The van der Waals surface area contributed by atoms with Crippen LogP contribution >= 0.6 is 23.4 Å². The number of aliphatic hydroxyl groups excluding tert-OH is 1. The molecular formula is C30H36ClF2NO3S. The molecule has 4 nitrogen and oxygen atoms in total. The van der Waals surface area contributed by atoms with Gasteiger partial charge >= 0.3 is 0 Å². The molecule has 2 unspecified atom stereocenters. The van der Waals surface area contributed by atoms with Crippen molar-refractivity contribution in [3.05, 3.63) is 48.1 Å². The highest BCUT2D eigenvalue weighted by Gasteiger charge is 2.78. The zero-order valence-corrected chi connectivity index (χ0v) is 23.5. The third-order valence-electron chi connectivity index (χ3n) is 11.3. The number of allylic oxidation sites excluding steroid dienone is 7. The molecule has 1 aliphatic heterocycles. The monoisotopic (exact) mass is 563 g/mol. The highest BCUT2D eigenvalue weighted by molar-refractivity contribution is 8.14. The van der Waals surface area contributed by atoms with E-state index in [1.807, 2.05) is 6.92 Å². The minimum absolute atomic E-state index is 0.00957. The number of ketones is 1. The van der Waals surface area contributed by atoms with E-state index in [9.17, 15) is 14.7 Å². The van der Waals surface area contributed by atoms with Gasteiger partial charge in [-0.1, -0.05) is 49.1 Å². The number of halogens is 3. The molecule has 0 aromatic carbocycles. The van der Waals surface area contributed by atoms with E-state index >= 15 is 8.78 Å². The number of nitrogens with zero attached hydrogens (tertiary/aromatic N) is 1. The second-order valence-electron chi connectivity index (χ2n) is 12.8. The van der Waals surface area contributed by atoms with E-state index in [2.05, 4.69) is 29.2 Å². The first-order valence-corrected chi connectivity index (χ1v) is 15.3. The Bertz CT molecular complexity index is 1170. The summed E-state index contributed by atoms with van der Waals surface area (Å²) in [4.78, 5) is 28.5. The van der Waals surface area contributed by atoms with E-state index in [-0.39, 0.29) is 46.4 Å². The molecule has 0 bridgehead atoms. The quantitative estimate of drug-likeness (QED) is 0.463. The Morgan fingerprint density at radius 2 is 2.05 bits per heavy atom. The lowest BCUT2D eigenvalue weighted by Crippen LogP contribution is -2.69. The Morgan fingerprint density at radius 1 is 1.26 bits per heavy atom. The Labute approximate surface area is 232 Å². The predicted octanol–water partition coefficient (Wildman–Crippen LogP) is 5.42.